The van der Waals surface area contributed by atoms with Crippen molar-refractivity contribution in [2.75, 3.05) is 13.1 Å². The molecule has 2 fully saturated rings. The fraction of sp³-hybridized carbons (Fsp3) is 0.474. The van der Waals surface area contributed by atoms with E-state index in [1.54, 1.807) is 23.1 Å². The van der Waals surface area contributed by atoms with Crippen molar-refractivity contribution in [2.24, 2.45) is 17.6 Å². The number of likely N-dealkylation sites (tertiary alicyclic amines) is 1. The van der Waals surface area contributed by atoms with E-state index in [0.717, 1.165) is 52.8 Å². The molecule has 0 bridgehead atoms. The van der Waals surface area contributed by atoms with Crippen molar-refractivity contribution in [3.63, 3.8) is 0 Å². The van der Waals surface area contributed by atoms with Crippen LogP contribution >= 0.6 is 47.9 Å². The van der Waals surface area contributed by atoms with Crippen molar-refractivity contribution in [1.82, 2.24) is 9.88 Å². The molecule has 27 heavy (non-hydrogen) atoms. The molecule has 1 amide bonds. The summed E-state index contributed by atoms with van der Waals surface area (Å²) in [6, 6.07) is 8.21. The minimum atomic E-state index is 0. The Kier molecular flexibility index (Phi) is 8.01. The van der Waals surface area contributed by atoms with E-state index in [4.69, 9.17) is 5.73 Å². The van der Waals surface area contributed by atoms with Gasteiger partial charge < -0.3 is 10.6 Å². The van der Waals surface area contributed by atoms with Crippen molar-refractivity contribution in [3.8, 4) is 0 Å². The Bertz CT molecular complexity index is 786. The zero-order valence-electron chi connectivity index (χ0n) is 15.2. The average Bonchev–Trinajstić information content (AvgIpc) is 3.31. The van der Waals surface area contributed by atoms with E-state index >= 15 is 0 Å². The smallest absolute Gasteiger partial charge is 0.255 e. The molecule has 2 aliphatic rings. The van der Waals surface area contributed by atoms with Crippen LogP contribution in [0.25, 0.3) is 0 Å². The monoisotopic (exact) mass is 445 g/mol. The number of carbonyl (C=O) groups excluding carboxylic acids is 1. The van der Waals surface area contributed by atoms with Crippen LogP contribution in [-0.4, -0.2) is 34.9 Å². The van der Waals surface area contributed by atoms with Gasteiger partial charge in [-0.2, -0.15) is 0 Å². The topological polar surface area (TPSA) is 59.2 Å². The summed E-state index contributed by atoms with van der Waals surface area (Å²) < 4.78 is 0. The molecule has 1 aliphatic heterocycles. The van der Waals surface area contributed by atoms with Gasteiger partial charge in [-0.1, -0.05) is 12.1 Å². The van der Waals surface area contributed by atoms with Crippen LogP contribution in [0.5, 0.6) is 0 Å². The van der Waals surface area contributed by atoms with Crippen LogP contribution in [0.4, 0.5) is 0 Å². The number of amides is 1. The zero-order chi connectivity index (χ0) is 17.4. The number of nitrogens with two attached hydrogens (primary N) is 1. The Hall–Kier alpha value is -0.790. The number of fused-ring (bicyclic) bond motifs is 1. The molecule has 4 nitrogen and oxygen atoms in total. The number of aromatic nitrogens is 1. The first-order chi connectivity index (χ1) is 12.1. The van der Waals surface area contributed by atoms with Crippen molar-refractivity contribution in [1.29, 1.82) is 0 Å². The minimum absolute atomic E-state index is 0. The Morgan fingerprint density at radius 2 is 2.07 bits per heavy atom. The molecule has 1 saturated heterocycles. The van der Waals surface area contributed by atoms with Gasteiger partial charge in [0.25, 0.3) is 5.91 Å². The number of thiazole rings is 1. The predicted octanol–water partition coefficient (Wildman–Crippen LogP) is 4.40. The highest BCUT2D eigenvalue weighted by Crippen LogP contribution is 2.38. The Morgan fingerprint density at radius 3 is 2.78 bits per heavy atom. The summed E-state index contributed by atoms with van der Waals surface area (Å²) in [6.45, 7) is 3.70. The third-order valence-electron chi connectivity index (χ3n) is 5.36. The lowest BCUT2D eigenvalue weighted by molar-refractivity contribution is 0.0776. The molecule has 148 valence electrons. The molecule has 1 aromatic heterocycles. The van der Waals surface area contributed by atoms with Crippen molar-refractivity contribution < 1.29 is 4.79 Å². The summed E-state index contributed by atoms with van der Waals surface area (Å²) in [5, 5.41) is 3.18. The number of carbonyl (C=O) groups is 1. The third-order valence-corrected chi connectivity index (χ3v) is 7.29. The highest BCUT2D eigenvalue weighted by molar-refractivity contribution is 7.98. The summed E-state index contributed by atoms with van der Waals surface area (Å²) in [5.74, 6) is 2.03. The quantitative estimate of drug-likeness (QED) is 0.708. The third kappa shape index (κ3) is 4.80. The highest BCUT2D eigenvalue weighted by atomic mass is 35.5. The summed E-state index contributed by atoms with van der Waals surface area (Å²) in [6.07, 6.45) is 2.27. The normalized spacial score (nSPS) is 23.5. The number of nitrogens with zero attached hydrogens (tertiary/aromatic N) is 2. The molecule has 0 spiro atoms. The van der Waals surface area contributed by atoms with E-state index in [-0.39, 0.29) is 36.8 Å². The zero-order valence-corrected chi connectivity index (χ0v) is 18.4. The predicted molar refractivity (Wildman–Crippen MR) is 117 cm³/mol. The molecule has 2 heterocycles. The second-order valence-corrected chi connectivity index (χ2v) is 9.10. The molecular formula is C19H25Cl2N3OS2. The first-order valence-electron chi connectivity index (χ1n) is 8.79. The lowest BCUT2D eigenvalue weighted by Gasteiger charge is -2.20. The summed E-state index contributed by atoms with van der Waals surface area (Å²) >= 11 is 3.36. The van der Waals surface area contributed by atoms with Gasteiger partial charge in [0, 0.05) is 35.2 Å². The molecule has 1 aromatic carbocycles. The van der Waals surface area contributed by atoms with Crippen LogP contribution < -0.4 is 5.73 Å². The standard InChI is InChI=1S/C19H23N3OS2.2ClH/c1-12-21-14(10-24-12)11-25-18-5-3-2-4-15(18)19(23)22-8-13-6-7-17(20)16(13)9-22;;/h2-5,10,13,16-17H,6-9,11,20H2,1H3;2*1H. The van der Waals surface area contributed by atoms with Gasteiger partial charge in [0.05, 0.1) is 16.3 Å². The highest BCUT2D eigenvalue weighted by Gasteiger charge is 2.42. The summed E-state index contributed by atoms with van der Waals surface area (Å²) in [5.41, 5.74) is 8.11. The van der Waals surface area contributed by atoms with Crippen LogP contribution in [0.15, 0.2) is 34.5 Å². The van der Waals surface area contributed by atoms with Gasteiger partial charge in [-0.15, -0.1) is 47.9 Å². The number of halogens is 2. The lowest BCUT2D eigenvalue weighted by atomic mass is 9.98. The fourth-order valence-electron chi connectivity index (χ4n) is 4.04. The molecule has 4 rings (SSSR count). The maximum Gasteiger partial charge on any atom is 0.255 e. The van der Waals surface area contributed by atoms with Gasteiger partial charge in [0.15, 0.2) is 0 Å². The molecule has 0 radical (unpaired) electrons. The van der Waals surface area contributed by atoms with Gasteiger partial charge in [0.2, 0.25) is 0 Å². The molecule has 1 aliphatic carbocycles. The number of thioether (sulfide) groups is 1. The number of hydrogen-bond acceptors (Lipinski definition) is 5. The van der Waals surface area contributed by atoms with E-state index in [1.807, 2.05) is 36.1 Å². The van der Waals surface area contributed by atoms with Crippen LogP contribution in [0.3, 0.4) is 0 Å². The lowest BCUT2D eigenvalue weighted by Crippen LogP contribution is -2.33. The van der Waals surface area contributed by atoms with Gasteiger partial charge in [-0.3, -0.25) is 4.79 Å². The molecule has 2 N–H and O–H groups in total. The number of rotatable bonds is 4. The van der Waals surface area contributed by atoms with E-state index in [1.165, 1.54) is 0 Å². The van der Waals surface area contributed by atoms with Crippen LogP contribution in [0.1, 0.15) is 33.9 Å². The first kappa shape index (κ1) is 22.5. The maximum atomic E-state index is 13.1. The van der Waals surface area contributed by atoms with E-state index in [2.05, 4.69) is 10.4 Å². The fourth-order valence-corrected chi connectivity index (χ4v) is 5.69. The number of benzene rings is 1. The van der Waals surface area contributed by atoms with Crippen LogP contribution in [-0.2, 0) is 5.75 Å². The number of hydrogen-bond donors (Lipinski definition) is 1. The molecule has 1 saturated carbocycles. The van der Waals surface area contributed by atoms with Gasteiger partial charge in [-0.05, 0) is 43.7 Å². The van der Waals surface area contributed by atoms with E-state index in [9.17, 15) is 4.79 Å². The van der Waals surface area contributed by atoms with Gasteiger partial charge in [-0.25, -0.2) is 4.98 Å². The van der Waals surface area contributed by atoms with E-state index < -0.39 is 0 Å². The molecular weight excluding hydrogens is 421 g/mol. The first-order valence-corrected chi connectivity index (χ1v) is 10.7. The second kappa shape index (κ2) is 9.61. The maximum absolute atomic E-state index is 13.1. The van der Waals surface area contributed by atoms with E-state index in [0.29, 0.717) is 11.8 Å². The Morgan fingerprint density at radius 1 is 1.30 bits per heavy atom. The second-order valence-electron chi connectivity index (χ2n) is 7.02. The molecule has 8 heteroatoms. The Labute approximate surface area is 181 Å². The van der Waals surface area contributed by atoms with Crippen LogP contribution in [0.2, 0.25) is 0 Å². The molecule has 2 aromatic rings. The van der Waals surface area contributed by atoms with Crippen molar-refractivity contribution >= 4 is 53.8 Å². The van der Waals surface area contributed by atoms with Gasteiger partial charge >= 0.3 is 0 Å². The van der Waals surface area contributed by atoms with Crippen LogP contribution in [0, 0.1) is 18.8 Å². The number of aryl methyl sites for hydroxylation is 1. The molecule has 3 unspecified atom stereocenters. The van der Waals surface area contributed by atoms with Crippen molar-refractivity contribution in [2.45, 2.75) is 36.5 Å². The SMILES string of the molecule is Cc1nc(CSc2ccccc2C(=O)N2CC3CCC(N)C3C2)cs1.Cl.Cl. The summed E-state index contributed by atoms with van der Waals surface area (Å²) in [4.78, 5) is 20.6. The average molecular weight is 446 g/mol. The molecule has 3 atom stereocenters. The van der Waals surface area contributed by atoms with Crippen molar-refractivity contribution in [3.05, 3.63) is 45.9 Å². The minimum Gasteiger partial charge on any atom is -0.338 e. The largest absolute Gasteiger partial charge is 0.338 e. The Balaban J connectivity index is 0.00000131. The van der Waals surface area contributed by atoms with Gasteiger partial charge in [0.1, 0.15) is 0 Å². The summed E-state index contributed by atoms with van der Waals surface area (Å²) in [7, 11) is 0.